The largest absolute Gasteiger partial charge is 0.394 e. The molecule has 2 aliphatic heterocycles. The van der Waals surface area contributed by atoms with Crippen molar-refractivity contribution >= 4 is 17.3 Å². The SMILES string of the molecule is OC[C@H]1O[C@@H](N2C(=S)NCCC2O)[C@H](O)[C@@H]1O. The van der Waals surface area contributed by atoms with Crippen LogP contribution in [0.4, 0.5) is 0 Å². The van der Waals surface area contributed by atoms with Crippen molar-refractivity contribution in [3.05, 3.63) is 0 Å². The van der Waals surface area contributed by atoms with Gasteiger partial charge in [-0.2, -0.15) is 0 Å². The number of ether oxygens (including phenoxy) is 1. The van der Waals surface area contributed by atoms with E-state index in [0.29, 0.717) is 13.0 Å². The summed E-state index contributed by atoms with van der Waals surface area (Å²) >= 11 is 5.03. The molecule has 0 aliphatic carbocycles. The topological polar surface area (TPSA) is 105 Å². The first-order chi connectivity index (χ1) is 8.06. The highest BCUT2D eigenvalue weighted by Crippen LogP contribution is 2.26. The van der Waals surface area contributed by atoms with Crippen LogP contribution in [0.15, 0.2) is 0 Å². The second-order valence-corrected chi connectivity index (χ2v) is 4.52. The molecule has 0 saturated carbocycles. The van der Waals surface area contributed by atoms with Gasteiger partial charge in [-0.1, -0.05) is 0 Å². The molecule has 2 rings (SSSR count). The Balaban J connectivity index is 2.13. The number of rotatable bonds is 2. The van der Waals surface area contributed by atoms with E-state index in [9.17, 15) is 15.3 Å². The fourth-order valence-corrected chi connectivity index (χ4v) is 2.40. The summed E-state index contributed by atoms with van der Waals surface area (Å²) in [4.78, 5) is 1.31. The summed E-state index contributed by atoms with van der Waals surface area (Å²) in [6.45, 7) is 0.143. The highest BCUT2D eigenvalue weighted by molar-refractivity contribution is 7.80. The molecule has 2 fully saturated rings. The molecule has 0 spiro atoms. The maximum absolute atomic E-state index is 9.83. The Labute approximate surface area is 104 Å². The van der Waals surface area contributed by atoms with E-state index in [2.05, 4.69) is 5.32 Å². The molecule has 0 aromatic carbocycles. The van der Waals surface area contributed by atoms with Gasteiger partial charge in [0.15, 0.2) is 11.3 Å². The highest BCUT2D eigenvalue weighted by atomic mass is 32.1. The molecular weight excluding hydrogens is 248 g/mol. The van der Waals surface area contributed by atoms with Crippen LogP contribution < -0.4 is 5.32 Å². The van der Waals surface area contributed by atoms with Crippen molar-refractivity contribution in [2.75, 3.05) is 13.2 Å². The van der Waals surface area contributed by atoms with E-state index in [1.165, 1.54) is 4.90 Å². The molecule has 1 unspecified atom stereocenters. The van der Waals surface area contributed by atoms with Gasteiger partial charge in [-0.15, -0.1) is 0 Å². The highest BCUT2D eigenvalue weighted by Gasteiger charge is 2.48. The van der Waals surface area contributed by atoms with E-state index in [1.54, 1.807) is 0 Å². The molecule has 2 aliphatic rings. The smallest absolute Gasteiger partial charge is 0.173 e. The van der Waals surface area contributed by atoms with Crippen molar-refractivity contribution < 1.29 is 25.2 Å². The van der Waals surface area contributed by atoms with Gasteiger partial charge in [0.05, 0.1) is 6.61 Å². The molecule has 0 amide bonds. The lowest BCUT2D eigenvalue weighted by Gasteiger charge is -2.39. The van der Waals surface area contributed by atoms with E-state index in [4.69, 9.17) is 22.1 Å². The lowest BCUT2D eigenvalue weighted by atomic mass is 10.1. The van der Waals surface area contributed by atoms with E-state index in [0.717, 1.165) is 0 Å². The van der Waals surface area contributed by atoms with Crippen LogP contribution in [-0.4, -0.2) is 74.4 Å². The first-order valence-corrected chi connectivity index (χ1v) is 5.83. The van der Waals surface area contributed by atoms with Crippen LogP contribution in [0, 0.1) is 0 Å². The number of aliphatic hydroxyl groups excluding tert-OH is 4. The number of hydrogen-bond acceptors (Lipinski definition) is 6. The predicted molar refractivity (Wildman–Crippen MR) is 60.8 cm³/mol. The predicted octanol–water partition coefficient (Wildman–Crippen LogP) is -2.68. The van der Waals surface area contributed by atoms with E-state index < -0.39 is 37.4 Å². The molecule has 0 bridgehead atoms. The maximum atomic E-state index is 9.83. The Hall–Kier alpha value is -0.510. The van der Waals surface area contributed by atoms with Gasteiger partial charge in [0.25, 0.3) is 0 Å². The minimum absolute atomic E-state index is 0.263. The molecule has 17 heavy (non-hydrogen) atoms. The standard InChI is InChI=1S/C9H16N2O5S/c12-3-4-6(14)7(15)8(16-4)11-5(13)1-2-10-9(11)17/h4-8,12-15H,1-3H2,(H,10,17)/t4-,5?,6-,7-,8-/m1/s1. The second kappa shape index (κ2) is 5.01. The molecule has 8 heteroatoms. The monoisotopic (exact) mass is 264 g/mol. The van der Waals surface area contributed by atoms with Crippen LogP contribution in [0.5, 0.6) is 0 Å². The van der Waals surface area contributed by atoms with Gasteiger partial charge in [-0.25, -0.2) is 0 Å². The Kier molecular flexibility index (Phi) is 3.81. The van der Waals surface area contributed by atoms with Crippen LogP contribution in [0.25, 0.3) is 0 Å². The van der Waals surface area contributed by atoms with Gasteiger partial charge < -0.3 is 30.5 Å². The Morgan fingerprint density at radius 3 is 2.59 bits per heavy atom. The summed E-state index contributed by atoms with van der Waals surface area (Å²) in [6.07, 6.45) is -4.66. The molecule has 2 saturated heterocycles. The summed E-state index contributed by atoms with van der Waals surface area (Å²) < 4.78 is 5.30. The molecule has 98 valence electrons. The van der Waals surface area contributed by atoms with E-state index >= 15 is 0 Å². The molecule has 5 atom stereocenters. The lowest BCUT2D eigenvalue weighted by Crippen LogP contribution is -2.59. The Morgan fingerprint density at radius 1 is 1.35 bits per heavy atom. The zero-order valence-corrected chi connectivity index (χ0v) is 9.88. The van der Waals surface area contributed by atoms with Crippen LogP contribution in [-0.2, 0) is 4.74 Å². The number of thiocarbonyl (C=S) groups is 1. The third-order valence-corrected chi connectivity index (χ3v) is 3.38. The average Bonchev–Trinajstić information content (AvgIpc) is 2.57. The van der Waals surface area contributed by atoms with Gasteiger partial charge in [0.1, 0.15) is 24.5 Å². The van der Waals surface area contributed by atoms with E-state index in [1.807, 2.05) is 0 Å². The summed E-state index contributed by atoms with van der Waals surface area (Å²) in [6, 6.07) is 0. The summed E-state index contributed by atoms with van der Waals surface area (Å²) in [5.74, 6) is 0. The quantitative estimate of drug-likeness (QED) is 0.344. The number of nitrogens with zero attached hydrogens (tertiary/aromatic N) is 1. The van der Waals surface area contributed by atoms with Gasteiger partial charge in [0, 0.05) is 13.0 Å². The molecule has 0 radical (unpaired) electrons. The Morgan fingerprint density at radius 2 is 2.06 bits per heavy atom. The normalized spacial score (nSPS) is 42.7. The second-order valence-electron chi connectivity index (χ2n) is 4.14. The van der Waals surface area contributed by atoms with Crippen molar-refractivity contribution in [1.82, 2.24) is 10.2 Å². The van der Waals surface area contributed by atoms with Gasteiger partial charge in [0.2, 0.25) is 0 Å². The zero-order chi connectivity index (χ0) is 12.6. The average molecular weight is 264 g/mol. The van der Waals surface area contributed by atoms with Crippen LogP contribution in [0.2, 0.25) is 0 Å². The van der Waals surface area contributed by atoms with Crippen molar-refractivity contribution in [1.29, 1.82) is 0 Å². The van der Waals surface area contributed by atoms with Gasteiger partial charge in [-0.3, -0.25) is 4.90 Å². The summed E-state index contributed by atoms with van der Waals surface area (Å²) in [5, 5.41) is 41.4. The number of hydrogen-bond donors (Lipinski definition) is 5. The minimum atomic E-state index is -1.22. The summed E-state index contributed by atoms with van der Waals surface area (Å²) in [7, 11) is 0. The lowest BCUT2D eigenvalue weighted by molar-refractivity contribution is -0.126. The molecular formula is C9H16N2O5S. The number of nitrogens with one attached hydrogen (secondary N) is 1. The van der Waals surface area contributed by atoms with E-state index in [-0.39, 0.29) is 5.11 Å². The fourth-order valence-electron chi connectivity index (χ4n) is 2.07. The molecule has 2 heterocycles. The molecule has 5 N–H and O–H groups in total. The molecule has 0 aromatic heterocycles. The van der Waals surface area contributed by atoms with Crippen molar-refractivity contribution in [3.8, 4) is 0 Å². The van der Waals surface area contributed by atoms with Crippen molar-refractivity contribution in [2.24, 2.45) is 0 Å². The van der Waals surface area contributed by atoms with Crippen molar-refractivity contribution in [2.45, 2.75) is 37.2 Å². The fraction of sp³-hybridized carbons (Fsp3) is 0.889. The van der Waals surface area contributed by atoms with Crippen LogP contribution in [0.1, 0.15) is 6.42 Å². The zero-order valence-electron chi connectivity index (χ0n) is 9.06. The first-order valence-electron chi connectivity index (χ1n) is 5.43. The molecule has 7 nitrogen and oxygen atoms in total. The third-order valence-electron chi connectivity index (χ3n) is 3.03. The van der Waals surface area contributed by atoms with Crippen LogP contribution in [0.3, 0.4) is 0 Å². The first kappa shape index (κ1) is 12.9. The van der Waals surface area contributed by atoms with Gasteiger partial charge in [-0.05, 0) is 12.2 Å². The number of aliphatic hydroxyl groups is 4. The molecule has 0 aromatic rings. The Bertz CT molecular complexity index is 305. The third kappa shape index (κ3) is 2.24. The van der Waals surface area contributed by atoms with Crippen LogP contribution >= 0.6 is 12.2 Å². The van der Waals surface area contributed by atoms with Crippen molar-refractivity contribution in [3.63, 3.8) is 0 Å². The maximum Gasteiger partial charge on any atom is 0.173 e. The van der Waals surface area contributed by atoms with Gasteiger partial charge >= 0.3 is 0 Å². The summed E-state index contributed by atoms with van der Waals surface area (Å²) in [5.41, 5.74) is 0. The minimum Gasteiger partial charge on any atom is -0.394 e.